The number of ether oxygens (including phenoxy) is 1. The van der Waals surface area contributed by atoms with Gasteiger partial charge in [-0.2, -0.15) is 0 Å². The minimum atomic E-state index is -0.439. The minimum Gasteiger partial charge on any atom is -0.494 e. The fourth-order valence-electron chi connectivity index (χ4n) is 1.96. The van der Waals surface area contributed by atoms with Gasteiger partial charge < -0.3 is 15.8 Å². The third kappa shape index (κ3) is 2.79. The molecule has 0 saturated carbocycles. The second-order valence-electron chi connectivity index (χ2n) is 4.65. The van der Waals surface area contributed by atoms with E-state index in [0.29, 0.717) is 17.3 Å². The van der Waals surface area contributed by atoms with Crippen LogP contribution in [0.15, 0.2) is 24.5 Å². The molecule has 0 aliphatic heterocycles. The molecule has 0 spiro atoms. The first-order valence-corrected chi connectivity index (χ1v) is 6.24. The molecule has 0 saturated heterocycles. The van der Waals surface area contributed by atoms with Crippen LogP contribution in [0.25, 0.3) is 0 Å². The quantitative estimate of drug-likeness (QED) is 0.897. The number of benzene rings is 1. The largest absolute Gasteiger partial charge is 0.494 e. The van der Waals surface area contributed by atoms with Crippen LogP contribution >= 0.6 is 0 Å². The maximum Gasteiger partial charge on any atom is 0.167 e. The number of anilines is 3. The SMILES string of the molecule is COc1ccc(Nc2ncnc(N)c2C(C)C)cc1F. The van der Waals surface area contributed by atoms with Gasteiger partial charge in [-0.1, -0.05) is 13.8 Å². The number of nitrogens with one attached hydrogen (secondary N) is 1. The molecule has 0 fully saturated rings. The fourth-order valence-corrected chi connectivity index (χ4v) is 1.96. The lowest BCUT2D eigenvalue weighted by Crippen LogP contribution is -2.06. The van der Waals surface area contributed by atoms with Gasteiger partial charge in [0, 0.05) is 17.3 Å². The lowest BCUT2D eigenvalue weighted by Gasteiger charge is -2.15. The first-order valence-electron chi connectivity index (χ1n) is 6.24. The topological polar surface area (TPSA) is 73.1 Å². The normalized spacial score (nSPS) is 10.7. The third-order valence-electron chi connectivity index (χ3n) is 2.91. The van der Waals surface area contributed by atoms with Crippen LogP contribution in [0, 0.1) is 5.82 Å². The summed E-state index contributed by atoms with van der Waals surface area (Å²) in [7, 11) is 1.42. The van der Waals surface area contributed by atoms with E-state index in [1.165, 1.54) is 19.5 Å². The Bertz CT molecular complexity index is 616. The number of hydrogen-bond donors (Lipinski definition) is 2. The molecule has 1 aromatic heterocycles. The standard InChI is InChI=1S/C14H17FN4O/c1-8(2)12-13(16)17-7-18-14(12)19-9-4-5-11(20-3)10(15)6-9/h4-8H,1-3H3,(H3,16,17,18,19). The molecule has 0 aliphatic rings. The molecule has 0 bridgehead atoms. The van der Waals surface area contributed by atoms with E-state index in [0.717, 1.165) is 5.56 Å². The highest BCUT2D eigenvalue weighted by atomic mass is 19.1. The number of rotatable bonds is 4. The van der Waals surface area contributed by atoms with E-state index in [1.807, 2.05) is 13.8 Å². The van der Waals surface area contributed by atoms with Crippen LogP contribution in [-0.4, -0.2) is 17.1 Å². The van der Waals surface area contributed by atoms with E-state index in [-0.39, 0.29) is 11.7 Å². The van der Waals surface area contributed by atoms with Crippen molar-refractivity contribution in [1.29, 1.82) is 0 Å². The van der Waals surface area contributed by atoms with Crippen LogP contribution in [0.4, 0.5) is 21.7 Å². The molecule has 0 amide bonds. The number of nitrogens with two attached hydrogens (primary N) is 1. The lowest BCUT2D eigenvalue weighted by atomic mass is 10.0. The molecule has 1 aromatic carbocycles. The summed E-state index contributed by atoms with van der Waals surface area (Å²) < 4.78 is 18.6. The summed E-state index contributed by atoms with van der Waals surface area (Å²) in [4.78, 5) is 8.15. The van der Waals surface area contributed by atoms with Gasteiger partial charge in [0.25, 0.3) is 0 Å². The molecule has 0 unspecified atom stereocenters. The molecule has 0 radical (unpaired) electrons. The van der Waals surface area contributed by atoms with E-state index in [1.54, 1.807) is 12.1 Å². The molecule has 106 valence electrons. The molecule has 2 rings (SSSR count). The fraction of sp³-hybridized carbons (Fsp3) is 0.286. The van der Waals surface area contributed by atoms with Crippen LogP contribution in [0.2, 0.25) is 0 Å². The highest BCUT2D eigenvalue weighted by molar-refractivity contribution is 5.65. The zero-order valence-electron chi connectivity index (χ0n) is 11.6. The summed E-state index contributed by atoms with van der Waals surface area (Å²) in [6, 6.07) is 4.61. The number of hydrogen-bond acceptors (Lipinski definition) is 5. The van der Waals surface area contributed by atoms with Gasteiger partial charge in [0.2, 0.25) is 0 Å². The number of nitrogen functional groups attached to an aromatic ring is 1. The molecular formula is C14H17FN4O. The van der Waals surface area contributed by atoms with Crippen LogP contribution in [0.3, 0.4) is 0 Å². The Balaban J connectivity index is 2.35. The second kappa shape index (κ2) is 5.73. The number of methoxy groups -OCH3 is 1. The lowest BCUT2D eigenvalue weighted by molar-refractivity contribution is 0.386. The van der Waals surface area contributed by atoms with Crippen molar-refractivity contribution < 1.29 is 9.13 Å². The first-order chi connectivity index (χ1) is 9.52. The zero-order valence-corrected chi connectivity index (χ0v) is 11.6. The molecule has 3 N–H and O–H groups in total. The molecule has 0 aliphatic carbocycles. The predicted octanol–water partition coefficient (Wildman–Crippen LogP) is 3.07. The van der Waals surface area contributed by atoms with E-state index < -0.39 is 5.82 Å². The van der Waals surface area contributed by atoms with Crippen LogP contribution in [0.1, 0.15) is 25.3 Å². The predicted molar refractivity (Wildman–Crippen MR) is 76.8 cm³/mol. The number of halogens is 1. The van der Waals surface area contributed by atoms with E-state index in [9.17, 15) is 4.39 Å². The molecular weight excluding hydrogens is 259 g/mol. The Hall–Kier alpha value is -2.37. The number of aromatic nitrogens is 2. The van der Waals surface area contributed by atoms with Crippen LogP contribution in [-0.2, 0) is 0 Å². The summed E-state index contributed by atoms with van der Waals surface area (Å²) >= 11 is 0. The van der Waals surface area contributed by atoms with Gasteiger partial charge in [0.1, 0.15) is 18.0 Å². The van der Waals surface area contributed by atoms with Crippen molar-refractivity contribution >= 4 is 17.3 Å². The van der Waals surface area contributed by atoms with E-state index in [2.05, 4.69) is 15.3 Å². The molecule has 1 heterocycles. The van der Waals surface area contributed by atoms with Crippen molar-refractivity contribution in [2.45, 2.75) is 19.8 Å². The highest BCUT2D eigenvalue weighted by Crippen LogP contribution is 2.29. The van der Waals surface area contributed by atoms with E-state index in [4.69, 9.17) is 10.5 Å². The monoisotopic (exact) mass is 276 g/mol. The van der Waals surface area contributed by atoms with Crippen molar-refractivity contribution in [2.24, 2.45) is 0 Å². The summed E-state index contributed by atoms with van der Waals surface area (Å²) in [6.45, 7) is 3.99. The van der Waals surface area contributed by atoms with Crippen LogP contribution < -0.4 is 15.8 Å². The average molecular weight is 276 g/mol. The summed E-state index contributed by atoms with van der Waals surface area (Å²) in [6.07, 6.45) is 1.38. The minimum absolute atomic E-state index is 0.154. The third-order valence-corrected chi connectivity index (χ3v) is 2.91. The van der Waals surface area contributed by atoms with Gasteiger partial charge in [-0.25, -0.2) is 14.4 Å². The molecule has 20 heavy (non-hydrogen) atoms. The van der Waals surface area contributed by atoms with Gasteiger partial charge in [-0.05, 0) is 18.1 Å². The highest BCUT2D eigenvalue weighted by Gasteiger charge is 2.13. The Morgan fingerprint density at radius 1 is 1.30 bits per heavy atom. The number of nitrogens with zero attached hydrogens (tertiary/aromatic N) is 2. The van der Waals surface area contributed by atoms with Crippen molar-refractivity contribution in [3.05, 3.63) is 35.9 Å². The first kappa shape index (κ1) is 14.0. The van der Waals surface area contributed by atoms with Gasteiger partial charge >= 0.3 is 0 Å². The van der Waals surface area contributed by atoms with Crippen LogP contribution in [0.5, 0.6) is 5.75 Å². The van der Waals surface area contributed by atoms with Crippen molar-refractivity contribution in [2.75, 3.05) is 18.2 Å². The Labute approximate surface area is 117 Å². The van der Waals surface area contributed by atoms with Crippen molar-refractivity contribution in [3.63, 3.8) is 0 Å². The maximum atomic E-state index is 13.7. The van der Waals surface area contributed by atoms with Crippen molar-refractivity contribution in [3.8, 4) is 5.75 Å². The smallest absolute Gasteiger partial charge is 0.167 e. The van der Waals surface area contributed by atoms with E-state index >= 15 is 0 Å². The van der Waals surface area contributed by atoms with Gasteiger partial charge in [-0.3, -0.25) is 0 Å². The molecule has 2 aromatic rings. The Morgan fingerprint density at radius 2 is 2.05 bits per heavy atom. The zero-order chi connectivity index (χ0) is 14.7. The summed E-state index contributed by atoms with van der Waals surface area (Å²) in [5, 5.41) is 3.06. The average Bonchev–Trinajstić information content (AvgIpc) is 2.38. The van der Waals surface area contributed by atoms with Gasteiger partial charge in [0.05, 0.1) is 7.11 Å². The molecule has 6 heteroatoms. The Kier molecular flexibility index (Phi) is 4.02. The molecule has 5 nitrogen and oxygen atoms in total. The molecule has 0 atom stereocenters. The summed E-state index contributed by atoms with van der Waals surface area (Å²) in [5.41, 5.74) is 7.25. The van der Waals surface area contributed by atoms with Crippen molar-refractivity contribution in [1.82, 2.24) is 9.97 Å². The summed E-state index contributed by atoms with van der Waals surface area (Å²) in [5.74, 6) is 0.915. The maximum absolute atomic E-state index is 13.7. The Morgan fingerprint density at radius 3 is 2.65 bits per heavy atom. The van der Waals surface area contributed by atoms with Gasteiger partial charge in [0.15, 0.2) is 11.6 Å². The van der Waals surface area contributed by atoms with Gasteiger partial charge in [-0.15, -0.1) is 0 Å². The second-order valence-corrected chi connectivity index (χ2v) is 4.65.